The molecule has 208 valence electrons. The Morgan fingerprint density at radius 2 is 1.59 bits per heavy atom. The van der Waals surface area contributed by atoms with E-state index in [9.17, 15) is 18.0 Å². The minimum atomic E-state index is -4.14. The number of likely N-dealkylation sites (N-methyl/N-ethyl adjacent to an activating group) is 1. The Bertz CT molecular complexity index is 1370. The zero-order valence-corrected chi connectivity index (χ0v) is 24.0. The van der Waals surface area contributed by atoms with E-state index in [0.717, 1.165) is 21.0 Å². The van der Waals surface area contributed by atoms with Crippen LogP contribution in [0.5, 0.6) is 5.75 Å². The molecule has 0 spiro atoms. The number of anilines is 1. The first-order valence-electron chi connectivity index (χ1n) is 13.0. The number of nitrogens with one attached hydrogen (secondary N) is 1. The molecule has 39 heavy (non-hydrogen) atoms. The number of amides is 2. The molecule has 0 aliphatic heterocycles. The van der Waals surface area contributed by atoms with E-state index >= 15 is 0 Å². The van der Waals surface area contributed by atoms with Crippen LogP contribution in [0, 0.1) is 13.8 Å². The normalized spacial score (nSPS) is 11.9. The molecule has 0 aliphatic carbocycles. The number of hydrogen-bond donors (Lipinski definition) is 1. The minimum Gasteiger partial charge on any atom is -0.494 e. The second kappa shape index (κ2) is 13.3. The highest BCUT2D eigenvalue weighted by Gasteiger charge is 2.33. The predicted octanol–water partition coefficient (Wildman–Crippen LogP) is 4.45. The second-order valence-corrected chi connectivity index (χ2v) is 11.2. The Kier molecular flexibility index (Phi) is 10.1. The Morgan fingerprint density at radius 3 is 2.15 bits per heavy atom. The summed E-state index contributed by atoms with van der Waals surface area (Å²) in [5.74, 6) is -0.244. The van der Waals surface area contributed by atoms with Crippen LogP contribution in [0.25, 0.3) is 0 Å². The van der Waals surface area contributed by atoms with Crippen molar-refractivity contribution in [1.82, 2.24) is 10.2 Å². The summed E-state index contributed by atoms with van der Waals surface area (Å²) in [6.07, 6.45) is 0.368. The Morgan fingerprint density at radius 1 is 0.923 bits per heavy atom. The van der Waals surface area contributed by atoms with E-state index < -0.39 is 28.5 Å². The number of benzene rings is 3. The van der Waals surface area contributed by atoms with E-state index in [1.165, 1.54) is 24.1 Å². The largest absolute Gasteiger partial charge is 0.494 e. The summed E-state index contributed by atoms with van der Waals surface area (Å²) >= 11 is 0. The molecular weight excluding hydrogens is 514 g/mol. The van der Waals surface area contributed by atoms with E-state index in [2.05, 4.69) is 5.32 Å². The van der Waals surface area contributed by atoms with E-state index in [1.54, 1.807) is 36.4 Å². The molecule has 0 radical (unpaired) electrons. The van der Waals surface area contributed by atoms with Gasteiger partial charge >= 0.3 is 0 Å². The van der Waals surface area contributed by atoms with Crippen molar-refractivity contribution in [1.29, 1.82) is 0 Å². The van der Waals surface area contributed by atoms with E-state index in [-0.39, 0.29) is 17.3 Å². The van der Waals surface area contributed by atoms with Gasteiger partial charge in [-0.25, -0.2) is 8.42 Å². The number of hydrogen-bond acceptors (Lipinski definition) is 5. The van der Waals surface area contributed by atoms with Gasteiger partial charge < -0.3 is 15.0 Å². The van der Waals surface area contributed by atoms with Crippen LogP contribution in [0.2, 0.25) is 0 Å². The molecular formula is C30H37N3O5S. The fraction of sp³-hybridized carbons (Fsp3) is 0.333. The number of rotatable bonds is 12. The highest BCUT2D eigenvalue weighted by Crippen LogP contribution is 2.26. The highest BCUT2D eigenvalue weighted by molar-refractivity contribution is 7.92. The molecule has 3 aromatic carbocycles. The first kappa shape index (κ1) is 29.7. The predicted molar refractivity (Wildman–Crippen MR) is 153 cm³/mol. The lowest BCUT2D eigenvalue weighted by atomic mass is 10.1. The van der Waals surface area contributed by atoms with Crippen molar-refractivity contribution in [3.8, 4) is 5.75 Å². The Labute approximate surface area is 231 Å². The molecule has 0 bridgehead atoms. The quantitative estimate of drug-likeness (QED) is 0.359. The lowest BCUT2D eigenvalue weighted by Crippen LogP contribution is -2.51. The smallest absolute Gasteiger partial charge is 0.264 e. The first-order chi connectivity index (χ1) is 18.6. The van der Waals surface area contributed by atoms with Gasteiger partial charge in [0.2, 0.25) is 11.8 Å². The third-order valence-corrected chi connectivity index (χ3v) is 8.18. The third-order valence-electron chi connectivity index (χ3n) is 6.39. The van der Waals surface area contributed by atoms with Crippen LogP contribution >= 0.6 is 0 Å². The summed E-state index contributed by atoms with van der Waals surface area (Å²) in [5, 5.41) is 2.63. The molecule has 3 rings (SSSR count). The summed E-state index contributed by atoms with van der Waals surface area (Å²) in [5.41, 5.74) is 3.18. The van der Waals surface area contributed by atoms with Crippen molar-refractivity contribution in [3.05, 3.63) is 89.5 Å². The topological polar surface area (TPSA) is 96.0 Å². The van der Waals surface area contributed by atoms with Crippen LogP contribution in [0.1, 0.15) is 37.0 Å². The highest BCUT2D eigenvalue weighted by atomic mass is 32.2. The molecule has 9 heteroatoms. The molecule has 2 amide bonds. The number of nitrogens with zero attached hydrogens (tertiary/aromatic N) is 2. The van der Waals surface area contributed by atoms with Gasteiger partial charge in [0.25, 0.3) is 10.0 Å². The second-order valence-electron chi connectivity index (χ2n) is 9.30. The molecule has 0 aromatic heterocycles. The van der Waals surface area contributed by atoms with E-state index in [4.69, 9.17) is 4.74 Å². The zero-order valence-electron chi connectivity index (χ0n) is 23.2. The van der Waals surface area contributed by atoms with Crippen molar-refractivity contribution in [2.24, 2.45) is 0 Å². The molecule has 8 nitrogen and oxygen atoms in total. The Balaban J connectivity index is 2.04. The van der Waals surface area contributed by atoms with E-state index in [1.807, 2.05) is 52.0 Å². The maximum atomic E-state index is 13.9. The number of carbonyl (C=O) groups excluding carboxylic acids is 2. The molecule has 1 atom stereocenters. The lowest BCUT2D eigenvalue weighted by Gasteiger charge is -2.33. The number of ether oxygens (including phenoxy) is 1. The average molecular weight is 552 g/mol. The van der Waals surface area contributed by atoms with Gasteiger partial charge in [0, 0.05) is 13.6 Å². The maximum Gasteiger partial charge on any atom is 0.264 e. The monoisotopic (exact) mass is 551 g/mol. The van der Waals surface area contributed by atoms with Gasteiger partial charge in [-0.2, -0.15) is 0 Å². The molecule has 0 saturated carbocycles. The van der Waals surface area contributed by atoms with Gasteiger partial charge in [-0.3, -0.25) is 13.9 Å². The fourth-order valence-corrected chi connectivity index (χ4v) is 5.75. The molecule has 0 saturated heterocycles. The summed E-state index contributed by atoms with van der Waals surface area (Å²) in [4.78, 5) is 28.2. The van der Waals surface area contributed by atoms with Crippen molar-refractivity contribution < 1.29 is 22.7 Å². The van der Waals surface area contributed by atoms with Crippen LogP contribution in [0.3, 0.4) is 0 Å². The number of sulfonamides is 1. The summed E-state index contributed by atoms with van der Waals surface area (Å²) in [6, 6.07) is 20.0. The van der Waals surface area contributed by atoms with Crippen LogP contribution in [0.4, 0.5) is 5.69 Å². The molecule has 0 heterocycles. The number of aryl methyl sites for hydroxylation is 2. The zero-order chi connectivity index (χ0) is 28.6. The molecule has 0 aliphatic rings. The first-order valence-corrected chi connectivity index (χ1v) is 14.4. The van der Waals surface area contributed by atoms with Crippen LogP contribution < -0.4 is 14.4 Å². The van der Waals surface area contributed by atoms with Gasteiger partial charge in [0.05, 0.1) is 17.2 Å². The SMILES string of the molecule is CCOc1ccc(S(=O)(=O)N(CC(=O)N(Cc2cccc(C)c2)C(CC)C(=O)NC)c2ccc(C)cc2)cc1. The molecule has 3 aromatic rings. The summed E-state index contributed by atoms with van der Waals surface area (Å²) < 4.78 is 34.4. The maximum absolute atomic E-state index is 13.9. The summed E-state index contributed by atoms with van der Waals surface area (Å²) in [7, 11) is -2.61. The number of carbonyl (C=O) groups is 2. The van der Waals surface area contributed by atoms with E-state index in [0.29, 0.717) is 24.5 Å². The van der Waals surface area contributed by atoms with Crippen LogP contribution in [-0.4, -0.2) is 51.4 Å². The molecule has 0 fully saturated rings. The van der Waals surface area contributed by atoms with Gasteiger partial charge in [-0.15, -0.1) is 0 Å². The van der Waals surface area contributed by atoms with Crippen molar-refractivity contribution in [3.63, 3.8) is 0 Å². The van der Waals surface area contributed by atoms with Crippen molar-refractivity contribution in [2.45, 2.75) is 51.6 Å². The lowest BCUT2D eigenvalue weighted by molar-refractivity contribution is -0.140. The van der Waals surface area contributed by atoms with Crippen LogP contribution in [0.15, 0.2) is 77.7 Å². The standard InChI is InChI=1S/C30H37N3O5S/c1-6-28(30(35)31-5)32(20-24-10-8-9-23(4)19-24)29(34)21-33(25-13-11-22(3)12-14-25)39(36,37)27-17-15-26(16-18-27)38-7-2/h8-19,28H,6-7,20-21H2,1-5H3,(H,31,35). The fourth-order valence-electron chi connectivity index (χ4n) is 4.33. The Hall–Kier alpha value is -3.85. The average Bonchev–Trinajstić information content (AvgIpc) is 2.92. The third kappa shape index (κ3) is 7.38. The van der Waals surface area contributed by atoms with Crippen LogP contribution in [-0.2, 0) is 26.2 Å². The molecule has 1 unspecified atom stereocenters. The van der Waals surface area contributed by atoms with Crippen molar-refractivity contribution in [2.75, 3.05) is 24.5 Å². The summed E-state index contributed by atoms with van der Waals surface area (Å²) in [6.45, 7) is 7.67. The van der Waals surface area contributed by atoms with Gasteiger partial charge in [-0.05, 0) is 69.2 Å². The minimum absolute atomic E-state index is 0.0305. The van der Waals surface area contributed by atoms with Gasteiger partial charge in [0.1, 0.15) is 18.3 Å². The van der Waals surface area contributed by atoms with Crippen molar-refractivity contribution >= 4 is 27.5 Å². The van der Waals surface area contributed by atoms with Gasteiger partial charge in [-0.1, -0.05) is 54.4 Å². The van der Waals surface area contributed by atoms with Gasteiger partial charge in [0.15, 0.2) is 0 Å². The molecule has 1 N–H and O–H groups in total.